The van der Waals surface area contributed by atoms with Crippen LogP contribution in [0.1, 0.15) is 36.1 Å². The summed E-state index contributed by atoms with van der Waals surface area (Å²) in [7, 11) is 3.49. The van der Waals surface area contributed by atoms with E-state index in [-0.39, 0.29) is 42.5 Å². The third-order valence-electron chi connectivity index (χ3n) is 6.10. The second-order valence-corrected chi connectivity index (χ2v) is 8.51. The number of likely N-dealkylation sites (N-methyl/N-ethyl adjacent to an activating group) is 1. The SMILES string of the molecule is CCc1cccc2c(CCNC(=NCC(=O)N(C)C)NC3CCOc4ccccc43)c[nH]c12.I. The zero-order valence-electron chi connectivity index (χ0n) is 20.1. The lowest BCUT2D eigenvalue weighted by Gasteiger charge is -2.28. The van der Waals surface area contributed by atoms with Gasteiger partial charge in [0.15, 0.2) is 5.96 Å². The van der Waals surface area contributed by atoms with Gasteiger partial charge in [-0.2, -0.15) is 0 Å². The summed E-state index contributed by atoms with van der Waals surface area (Å²) in [6.45, 7) is 3.62. The number of guanidine groups is 1. The molecule has 7 nitrogen and oxygen atoms in total. The number of carbonyl (C=O) groups excluding carboxylic acids is 1. The molecule has 8 heteroatoms. The molecule has 3 aromatic rings. The number of aliphatic imine (C=N–C) groups is 1. The molecule has 0 fully saturated rings. The van der Waals surface area contributed by atoms with Gasteiger partial charge in [0.05, 0.1) is 12.6 Å². The van der Waals surface area contributed by atoms with Crippen molar-refractivity contribution in [3.05, 3.63) is 65.4 Å². The molecular formula is C26H34IN5O2. The maximum absolute atomic E-state index is 12.1. The van der Waals surface area contributed by atoms with Crippen molar-refractivity contribution in [1.29, 1.82) is 0 Å². The summed E-state index contributed by atoms with van der Waals surface area (Å²) in [6, 6.07) is 14.6. The van der Waals surface area contributed by atoms with Crippen molar-refractivity contribution in [1.82, 2.24) is 20.5 Å². The van der Waals surface area contributed by atoms with Crippen molar-refractivity contribution in [2.24, 2.45) is 4.99 Å². The molecular weight excluding hydrogens is 541 g/mol. The van der Waals surface area contributed by atoms with Gasteiger partial charge in [-0.1, -0.05) is 43.3 Å². The molecule has 1 aromatic heterocycles. The number of hydrogen-bond acceptors (Lipinski definition) is 3. The van der Waals surface area contributed by atoms with Gasteiger partial charge in [0.25, 0.3) is 0 Å². The van der Waals surface area contributed by atoms with Crippen molar-refractivity contribution < 1.29 is 9.53 Å². The average Bonchev–Trinajstić information content (AvgIpc) is 3.25. The van der Waals surface area contributed by atoms with Crippen molar-refractivity contribution in [3.8, 4) is 5.75 Å². The Hall–Kier alpha value is -2.75. The number of nitrogens with zero attached hydrogens (tertiary/aromatic N) is 2. The molecule has 34 heavy (non-hydrogen) atoms. The molecule has 1 aliphatic rings. The Kier molecular flexibility index (Phi) is 9.20. The largest absolute Gasteiger partial charge is 0.493 e. The highest BCUT2D eigenvalue weighted by molar-refractivity contribution is 14.0. The van der Waals surface area contributed by atoms with Gasteiger partial charge in [0.1, 0.15) is 12.3 Å². The van der Waals surface area contributed by atoms with E-state index in [4.69, 9.17) is 4.74 Å². The van der Waals surface area contributed by atoms with E-state index in [0.29, 0.717) is 19.1 Å². The molecule has 1 amide bonds. The van der Waals surface area contributed by atoms with E-state index in [1.807, 2.05) is 18.2 Å². The fourth-order valence-corrected chi connectivity index (χ4v) is 4.19. The standard InChI is InChI=1S/C26H33N5O2.HI/c1-4-18-8-7-10-20-19(16-28-25(18)20)12-14-27-26(29-17-24(32)31(2)3)30-22-13-15-33-23-11-6-5-9-21(22)23;/h5-11,16,22,28H,4,12-15,17H2,1-3H3,(H2,27,29,30);1H. The fraction of sp³-hybridized carbons (Fsp3) is 0.385. The third kappa shape index (κ3) is 6.02. The van der Waals surface area contributed by atoms with Crippen LogP contribution in [0.4, 0.5) is 0 Å². The first-order valence-electron chi connectivity index (χ1n) is 11.6. The van der Waals surface area contributed by atoms with Gasteiger partial charge >= 0.3 is 0 Å². The van der Waals surface area contributed by atoms with Crippen molar-refractivity contribution >= 4 is 46.7 Å². The highest BCUT2D eigenvalue weighted by atomic mass is 127. The summed E-state index contributed by atoms with van der Waals surface area (Å²) in [6.07, 6.45) is 4.78. The smallest absolute Gasteiger partial charge is 0.243 e. The molecule has 0 radical (unpaired) electrons. The number of ether oxygens (including phenoxy) is 1. The maximum Gasteiger partial charge on any atom is 0.243 e. The van der Waals surface area contributed by atoms with Crippen molar-refractivity contribution in [3.63, 3.8) is 0 Å². The molecule has 3 N–H and O–H groups in total. The summed E-state index contributed by atoms with van der Waals surface area (Å²) in [4.78, 5) is 21.7. The maximum atomic E-state index is 12.1. The number of H-pyrrole nitrogens is 1. The number of aryl methyl sites for hydroxylation is 1. The Bertz CT molecular complexity index is 1140. The van der Waals surface area contributed by atoms with E-state index in [9.17, 15) is 4.79 Å². The van der Waals surface area contributed by atoms with E-state index in [2.05, 4.69) is 58.0 Å². The lowest BCUT2D eigenvalue weighted by Crippen LogP contribution is -2.42. The molecule has 0 spiro atoms. The topological polar surface area (TPSA) is 81.8 Å². The number of hydrogen-bond donors (Lipinski definition) is 3. The molecule has 1 atom stereocenters. The predicted octanol–water partition coefficient (Wildman–Crippen LogP) is 4.04. The first kappa shape index (κ1) is 25.9. The van der Waals surface area contributed by atoms with Crippen molar-refractivity contribution in [2.45, 2.75) is 32.2 Å². The van der Waals surface area contributed by atoms with Gasteiger partial charge in [-0.15, -0.1) is 24.0 Å². The minimum Gasteiger partial charge on any atom is -0.493 e. The van der Waals surface area contributed by atoms with Gasteiger partial charge in [-0.25, -0.2) is 4.99 Å². The summed E-state index contributed by atoms with van der Waals surface area (Å²) < 4.78 is 5.79. The molecule has 0 aliphatic carbocycles. The number of amides is 1. The second kappa shape index (κ2) is 12.1. The Morgan fingerprint density at radius 3 is 2.79 bits per heavy atom. The van der Waals surface area contributed by atoms with E-state index in [1.165, 1.54) is 22.0 Å². The second-order valence-electron chi connectivity index (χ2n) is 8.51. The van der Waals surface area contributed by atoms with Crippen LogP contribution in [-0.4, -0.2) is 55.5 Å². The number of benzene rings is 2. The Balaban J connectivity index is 0.00000324. The molecule has 0 saturated heterocycles. The number of para-hydroxylation sites is 2. The lowest BCUT2D eigenvalue weighted by molar-refractivity contribution is -0.127. The quantitative estimate of drug-likeness (QED) is 0.226. The summed E-state index contributed by atoms with van der Waals surface area (Å²) in [5, 5.41) is 8.23. The first-order chi connectivity index (χ1) is 16.1. The minimum atomic E-state index is -0.0350. The van der Waals surface area contributed by atoms with Crippen LogP contribution >= 0.6 is 24.0 Å². The summed E-state index contributed by atoms with van der Waals surface area (Å²) in [5.41, 5.74) is 4.93. The molecule has 1 unspecified atom stereocenters. The lowest BCUT2D eigenvalue weighted by atomic mass is 10.0. The monoisotopic (exact) mass is 575 g/mol. The van der Waals surface area contributed by atoms with Gasteiger partial charge in [-0.3, -0.25) is 4.79 Å². The number of rotatable bonds is 7. The van der Waals surface area contributed by atoms with Crippen LogP contribution in [0.15, 0.2) is 53.7 Å². The van der Waals surface area contributed by atoms with Crippen LogP contribution in [0.2, 0.25) is 0 Å². The van der Waals surface area contributed by atoms with E-state index in [0.717, 1.165) is 30.6 Å². The molecule has 2 aromatic carbocycles. The zero-order chi connectivity index (χ0) is 23.2. The van der Waals surface area contributed by atoms with Crippen LogP contribution in [0.3, 0.4) is 0 Å². The molecule has 2 heterocycles. The molecule has 0 saturated carbocycles. The van der Waals surface area contributed by atoms with Crippen LogP contribution < -0.4 is 15.4 Å². The number of aromatic amines is 1. The normalized spacial score (nSPS) is 15.1. The number of fused-ring (bicyclic) bond motifs is 2. The highest BCUT2D eigenvalue weighted by Gasteiger charge is 2.22. The molecule has 0 bridgehead atoms. The Morgan fingerprint density at radius 1 is 1.18 bits per heavy atom. The average molecular weight is 575 g/mol. The van der Waals surface area contributed by atoms with Crippen LogP contribution in [0.25, 0.3) is 10.9 Å². The number of aromatic nitrogens is 1. The van der Waals surface area contributed by atoms with E-state index >= 15 is 0 Å². The minimum absolute atomic E-state index is 0. The van der Waals surface area contributed by atoms with Gasteiger partial charge in [0, 0.05) is 49.7 Å². The summed E-state index contributed by atoms with van der Waals surface area (Å²) in [5.74, 6) is 1.50. The number of carbonyl (C=O) groups is 1. The van der Waals surface area contributed by atoms with E-state index in [1.54, 1.807) is 19.0 Å². The van der Waals surface area contributed by atoms with Crippen molar-refractivity contribution in [2.75, 3.05) is 33.8 Å². The molecule has 182 valence electrons. The zero-order valence-corrected chi connectivity index (χ0v) is 22.4. The van der Waals surface area contributed by atoms with Crippen LogP contribution in [0, 0.1) is 0 Å². The van der Waals surface area contributed by atoms with E-state index < -0.39 is 0 Å². The van der Waals surface area contributed by atoms with Crippen LogP contribution in [-0.2, 0) is 17.6 Å². The van der Waals surface area contributed by atoms with Gasteiger partial charge < -0.3 is 25.3 Å². The van der Waals surface area contributed by atoms with Crippen LogP contribution in [0.5, 0.6) is 5.75 Å². The highest BCUT2D eigenvalue weighted by Crippen LogP contribution is 2.31. The van der Waals surface area contributed by atoms with Gasteiger partial charge in [-0.05, 0) is 30.0 Å². The Morgan fingerprint density at radius 2 is 2.00 bits per heavy atom. The molecule has 4 rings (SSSR count). The fourth-order valence-electron chi connectivity index (χ4n) is 4.19. The van der Waals surface area contributed by atoms with Gasteiger partial charge in [0.2, 0.25) is 5.91 Å². The number of nitrogens with one attached hydrogen (secondary N) is 3. The predicted molar refractivity (Wildman–Crippen MR) is 148 cm³/mol. The Labute approximate surface area is 218 Å². The number of halogens is 1. The summed E-state index contributed by atoms with van der Waals surface area (Å²) >= 11 is 0. The molecule has 1 aliphatic heterocycles. The third-order valence-corrected chi connectivity index (χ3v) is 6.10. The first-order valence-corrected chi connectivity index (χ1v) is 11.6.